The standard InChI is InChI=1S/C15H15ClN4O5/c1-2-7-18(9-13(21)22)12-8-17-19(15(23)14(12)16)10-3-5-11(6-4-10)20(24)25/h3-6,8H,2,7,9H2,1H3,(H,21,22). The summed E-state index contributed by atoms with van der Waals surface area (Å²) in [4.78, 5) is 35.0. The van der Waals surface area contributed by atoms with Gasteiger partial charge in [0, 0.05) is 18.7 Å². The molecule has 9 nitrogen and oxygen atoms in total. The van der Waals surface area contributed by atoms with Gasteiger partial charge in [-0.25, -0.2) is 0 Å². The molecule has 2 rings (SSSR count). The normalized spacial score (nSPS) is 10.5. The van der Waals surface area contributed by atoms with E-state index < -0.39 is 16.5 Å². The first-order valence-electron chi connectivity index (χ1n) is 7.34. The van der Waals surface area contributed by atoms with E-state index in [2.05, 4.69) is 5.10 Å². The van der Waals surface area contributed by atoms with Crippen LogP contribution in [0, 0.1) is 10.1 Å². The molecule has 1 aromatic heterocycles. The molecule has 0 radical (unpaired) electrons. The Morgan fingerprint density at radius 2 is 2.04 bits per heavy atom. The Balaban J connectivity index is 2.44. The number of non-ortho nitro benzene ring substituents is 1. The predicted molar refractivity (Wildman–Crippen MR) is 91.6 cm³/mol. The highest BCUT2D eigenvalue weighted by Gasteiger charge is 2.18. The lowest BCUT2D eigenvalue weighted by Crippen LogP contribution is -2.33. The molecule has 1 heterocycles. The number of aromatic nitrogens is 2. The lowest BCUT2D eigenvalue weighted by atomic mass is 10.3. The Morgan fingerprint density at radius 3 is 2.56 bits per heavy atom. The van der Waals surface area contributed by atoms with Crippen molar-refractivity contribution in [1.82, 2.24) is 9.78 Å². The molecular formula is C15H15ClN4O5. The third kappa shape index (κ3) is 4.13. The molecule has 25 heavy (non-hydrogen) atoms. The third-order valence-corrected chi connectivity index (χ3v) is 3.72. The van der Waals surface area contributed by atoms with Crippen LogP contribution in [-0.2, 0) is 4.79 Å². The van der Waals surface area contributed by atoms with Gasteiger partial charge in [0.25, 0.3) is 11.2 Å². The van der Waals surface area contributed by atoms with E-state index in [0.717, 1.165) is 4.68 Å². The number of benzene rings is 1. The number of aliphatic carboxylic acids is 1. The summed E-state index contributed by atoms with van der Waals surface area (Å²) in [6, 6.07) is 5.26. The molecule has 0 aliphatic rings. The highest BCUT2D eigenvalue weighted by molar-refractivity contribution is 6.33. The zero-order valence-corrected chi connectivity index (χ0v) is 14.0. The Kier molecular flexibility index (Phi) is 5.71. The largest absolute Gasteiger partial charge is 0.480 e. The summed E-state index contributed by atoms with van der Waals surface area (Å²) < 4.78 is 1.00. The number of hydrogen-bond donors (Lipinski definition) is 1. The molecule has 0 atom stereocenters. The van der Waals surface area contributed by atoms with Crippen molar-refractivity contribution < 1.29 is 14.8 Å². The monoisotopic (exact) mass is 366 g/mol. The summed E-state index contributed by atoms with van der Waals surface area (Å²) in [5.74, 6) is -1.05. The molecule has 132 valence electrons. The molecule has 1 N–H and O–H groups in total. The quantitative estimate of drug-likeness (QED) is 0.588. The van der Waals surface area contributed by atoms with E-state index in [9.17, 15) is 19.7 Å². The van der Waals surface area contributed by atoms with Crippen molar-refractivity contribution in [2.75, 3.05) is 18.0 Å². The summed E-state index contributed by atoms with van der Waals surface area (Å²) in [6.07, 6.45) is 1.97. The van der Waals surface area contributed by atoms with Crippen molar-refractivity contribution >= 4 is 28.9 Å². The molecule has 0 spiro atoms. The molecule has 10 heteroatoms. The van der Waals surface area contributed by atoms with Gasteiger partial charge in [-0.3, -0.25) is 19.7 Å². The first kappa shape index (κ1) is 18.4. The summed E-state index contributed by atoms with van der Waals surface area (Å²) >= 11 is 6.13. The summed E-state index contributed by atoms with van der Waals surface area (Å²) in [6.45, 7) is 1.96. The summed E-state index contributed by atoms with van der Waals surface area (Å²) in [5, 5.41) is 23.5. The van der Waals surface area contributed by atoms with Crippen LogP contribution < -0.4 is 10.5 Å². The second-order valence-corrected chi connectivity index (χ2v) is 5.53. The van der Waals surface area contributed by atoms with Gasteiger partial charge >= 0.3 is 5.97 Å². The third-order valence-electron chi connectivity index (χ3n) is 3.37. The van der Waals surface area contributed by atoms with E-state index in [4.69, 9.17) is 16.7 Å². The first-order valence-corrected chi connectivity index (χ1v) is 7.72. The molecule has 0 aliphatic heterocycles. The second kappa shape index (κ2) is 7.75. The van der Waals surface area contributed by atoms with Gasteiger partial charge < -0.3 is 10.0 Å². The SMILES string of the molecule is CCCN(CC(=O)O)c1cnn(-c2ccc([N+](=O)[O-])cc2)c(=O)c1Cl. The van der Waals surface area contributed by atoms with E-state index in [0.29, 0.717) is 18.7 Å². The average Bonchev–Trinajstić information content (AvgIpc) is 2.56. The minimum Gasteiger partial charge on any atom is -0.480 e. The average molecular weight is 367 g/mol. The van der Waals surface area contributed by atoms with Crippen molar-refractivity contribution in [1.29, 1.82) is 0 Å². The second-order valence-electron chi connectivity index (χ2n) is 5.15. The minimum absolute atomic E-state index is 0.116. The van der Waals surface area contributed by atoms with Crippen LogP contribution in [-0.4, -0.2) is 38.9 Å². The number of rotatable bonds is 7. The number of hydrogen-bond acceptors (Lipinski definition) is 6. The van der Waals surface area contributed by atoms with Gasteiger partial charge in [-0.15, -0.1) is 0 Å². The van der Waals surface area contributed by atoms with Gasteiger partial charge in [0.1, 0.15) is 11.6 Å². The topological polar surface area (TPSA) is 119 Å². The van der Waals surface area contributed by atoms with Crippen molar-refractivity contribution in [3.63, 3.8) is 0 Å². The number of carboxylic acid groups (broad SMARTS) is 1. The van der Waals surface area contributed by atoms with Gasteiger partial charge in [-0.05, 0) is 18.6 Å². The Hall–Kier alpha value is -2.94. The number of anilines is 1. The lowest BCUT2D eigenvalue weighted by molar-refractivity contribution is -0.384. The molecule has 0 amide bonds. The Morgan fingerprint density at radius 1 is 1.40 bits per heavy atom. The molecule has 2 aromatic rings. The Bertz CT molecular complexity index is 850. The van der Waals surface area contributed by atoms with Crippen LogP contribution in [0.1, 0.15) is 13.3 Å². The van der Waals surface area contributed by atoms with Crippen molar-refractivity contribution in [3.05, 3.63) is 56.0 Å². The van der Waals surface area contributed by atoms with Gasteiger partial charge in [0.15, 0.2) is 0 Å². The lowest BCUT2D eigenvalue weighted by Gasteiger charge is -2.22. The highest BCUT2D eigenvalue weighted by Crippen LogP contribution is 2.22. The summed E-state index contributed by atoms with van der Waals surface area (Å²) in [5.41, 5.74) is -0.215. The molecule has 1 aromatic carbocycles. The van der Waals surface area contributed by atoms with Crippen molar-refractivity contribution in [2.24, 2.45) is 0 Å². The molecule has 0 fully saturated rings. The van der Waals surface area contributed by atoms with Gasteiger partial charge in [-0.1, -0.05) is 18.5 Å². The smallest absolute Gasteiger partial charge is 0.323 e. The number of nitro benzene ring substituents is 1. The minimum atomic E-state index is -1.05. The van der Waals surface area contributed by atoms with Crippen LogP contribution in [0.5, 0.6) is 0 Å². The van der Waals surface area contributed by atoms with E-state index in [1.807, 2.05) is 6.92 Å². The zero-order valence-electron chi connectivity index (χ0n) is 13.3. The maximum atomic E-state index is 12.5. The van der Waals surface area contributed by atoms with E-state index in [1.165, 1.54) is 35.4 Å². The molecule has 0 aliphatic carbocycles. The first-order chi connectivity index (χ1) is 11.8. The number of nitrogens with zero attached hydrogens (tertiary/aromatic N) is 4. The van der Waals surface area contributed by atoms with Gasteiger partial charge in [0.2, 0.25) is 0 Å². The maximum Gasteiger partial charge on any atom is 0.323 e. The van der Waals surface area contributed by atoms with Crippen LogP contribution in [0.2, 0.25) is 5.02 Å². The maximum absolute atomic E-state index is 12.5. The molecule has 0 bridgehead atoms. The van der Waals surface area contributed by atoms with Crippen molar-refractivity contribution in [3.8, 4) is 5.69 Å². The number of halogens is 1. The van der Waals surface area contributed by atoms with Crippen LogP contribution in [0.3, 0.4) is 0 Å². The fourth-order valence-corrected chi connectivity index (χ4v) is 2.51. The Labute approximate surface area is 147 Å². The predicted octanol–water partition coefficient (Wildman–Crippen LogP) is 2.10. The molecule has 0 saturated heterocycles. The van der Waals surface area contributed by atoms with Crippen LogP contribution >= 0.6 is 11.6 Å². The summed E-state index contributed by atoms with van der Waals surface area (Å²) in [7, 11) is 0. The van der Waals surface area contributed by atoms with Gasteiger partial charge in [0.05, 0.1) is 22.5 Å². The number of carboxylic acids is 1. The van der Waals surface area contributed by atoms with Crippen molar-refractivity contribution in [2.45, 2.75) is 13.3 Å². The highest BCUT2D eigenvalue weighted by atomic mass is 35.5. The molecule has 0 unspecified atom stereocenters. The van der Waals surface area contributed by atoms with E-state index in [-0.39, 0.29) is 22.9 Å². The fraction of sp³-hybridized carbons (Fsp3) is 0.267. The zero-order chi connectivity index (χ0) is 18.6. The van der Waals surface area contributed by atoms with Gasteiger partial charge in [-0.2, -0.15) is 9.78 Å². The number of carbonyl (C=O) groups is 1. The fourth-order valence-electron chi connectivity index (χ4n) is 2.26. The molecule has 0 saturated carbocycles. The van der Waals surface area contributed by atoms with Crippen LogP contribution in [0.25, 0.3) is 5.69 Å². The number of nitro groups is 1. The van der Waals surface area contributed by atoms with Crippen LogP contribution in [0.15, 0.2) is 35.3 Å². The van der Waals surface area contributed by atoms with E-state index in [1.54, 1.807) is 0 Å². The van der Waals surface area contributed by atoms with Crippen LogP contribution in [0.4, 0.5) is 11.4 Å². The van der Waals surface area contributed by atoms with E-state index >= 15 is 0 Å². The molecular weight excluding hydrogens is 352 g/mol.